The number of carbonyl (C=O) groups excluding carboxylic acids is 1. The third-order valence-corrected chi connectivity index (χ3v) is 5.30. The molecule has 3 N–H and O–H groups in total. The van der Waals surface area contributed by atoms with E-state index in [1.807, 2.05) is 13.8 Å². The highest BCUT2D eigenvalue weighted by Gasteiger charge is 2.13. The van der Waals surface area contributed by atoms with Crippen LogP contribution in [0.2, 0.25) is 0 Å². The lowest BCUT2D eigenvalue weighted by Crippen LogP contribution is -2.07. The van der Waals surface area contributed by atoms with E-state index >= 15 is 0 Å². The summed E-state index contributed by atoms with van der Waals surface area (Å²) in [5.41, 5.74) is 8.74. The summed E-state index contributed by atoms with van der Waals surface area (Å²) >= 11 is 11.1. The maximum Gasteiger partial charge on any atom is 0.339 e. The number of aromatic nitrogens is 2. The van der Waals surface area contributed by atoms with Gasteiger partial charge >= 0.3 is 5.97 Å². The normalized spacial score (nSPS) is 10.1. The minimum absolute atomic E-state index is 0. The van der Waals surface area contributed by atoms with Crippen LogP contribution in [0.4, 0.5) is 5.69 Å². The predicted molar refractivity (Wildman–Crippen MR) is 142 cm³/mol. The van der Waals surface area contributed by atoms with Crippen LogP contribution >= 0.6 is 23.2 Å². The standard InChI is InChI=1S/C12H13ClN2O2.C12H16ClNO3.CH4/c1-8-5-9-10(14-7-15-12(9)16)6-11(8)17-4-2-3-13;1-8-6-9(12(15)16-2)10(14)7-11(8)17-5-3-4-13;/h5-7H,2-4H2,1H3,(H,14,15,16);6-7H,3-5,14H2,1-2H3;1H4. The number of aromatic amines is 1. The largest absolute Gasteiger partial charge is 0.493 e. The average molecular weight is 526 g/mol. The third-order valence-electron chi connectivity index (χ3n) is 4.76. The number of anilines is 1. The molecule has 192 valence electrons. The minimum atomic E-state index is -0.446. The molecule has 0 saturated heterocycles. The molecule has 1 aromatic heterocycles. The van der Waals surface area contributed by atoms with Crippen molar-refractivity contribution in [3.63, 3.8) is 0 Å². The Hall–Kier alpha value is -2.97. The number of nitrogens with zero attached hydrogens (tertiary/aromatic N) is 1. The zero-order valence-corrected chi connectivity index (χ0v) is 21.0. The van der Waals surface area contributed by atoms with Crippen molar-refractivity contribution >= 4 is 45.8 Å². The molecule has 35 heavy (non-hydrogen) atoms. The smallest absolute Gasteiger partial charge is 0.339 e. The molecule has 3 rings (SSSR count). The van der Waals surface area contributed by atoms with Crippen LogP contribution in [0.25, 0.3) is 10.9 Å². The number of fused-ring (bicyclic) bond motifs is 1. The Bertz CT molecular complexity index is 1170. The highest BCUT2D eigenvalue weighted by Crippen LogP contribution is 2.26. The second kappa shape index (κ2) is 15.1. The van der Waals surface area contributed by atoms with Crippen molar-refractivity contribution in [2.75, 3.05) is 37.8 Å². The molecule has 2 aromatic carbocycles. The van der Waals surface area contributed by atoms with E-state index in [2.05, 4.69) is 14.7 Å². The number of nitrogens with one attached hydrogen (secondary N) is 1. The lowest BCUT2D eigenvalue weighted by atomic mass is 10.1. The van der Waals surface area contributed by atoms with Crippen LogP contribution in [0.5, 0.6) is 11.5 Å². The Morgan fingerprint density at radius 1 is 1.00 bits per heavy atom. The summed E-state index contributed by atoms with van der Waals surface area (Å²) in [6, 6.07) is 6.87. The molecule has 0 spiro atoms. The molecule has 0 radical (unpaired) electrons. The van der Waals surface area contributed by atoms with Crippen molar-refractivity contribution in [3.8, 4) is 11.5 Å². The Morgan fingerprint density at radius 2 is 1.57 bits per heavy atom. The molecule has 1 heterocycles. The summed E-state index contributed by atoms with van der Waals surface area (Å²) in [5, 5.41) is 0.578. The SMILES string of the molecule is C.COC(=O)c1cc(C)c(OCCCCl)cc1N.Cc1cc2c(=O)[nH]cnc2cc1OCCCCl. The highest BCUT2D eigenvalue weighted by molar-refractivity contribution is 6.18. The van der Waals surface area contributed by atoms with E-state index < -0.39 is 5.97 Å². The molecular formula is C25H33Cl2N3O5. The Labute approximate surface area is 215 Å². The van der Waals surface area contributed by atoms with Gasteiger partial charge in [-0.3, -0.25) is 4.79 Å². The lowest BCUT2D eigenvalue weighted by molar-refractivity contribution is 0.0602. The number of nitrogens with two attached hydrogens (primary N) is 1. The van der Waals surface area contributed by atoms with Crippen LogP contribution < -0.4 is 20.8 Å². The number of hydrogen-bond donors (Lipinski definition) is 2. The Kier molecular flexibility index (Phi) is 13.0. The Morgan fingerprint density at radius 3 is 2.14 bits per heavy atom. The van der Waals surface area contributed by atoms with E-state index in [1.54, 1.807) is 24.3 Å². The van der Waals surface area contributed by atoms with Crippen molar-refractivity contribution in [1.29, 1.82) is 0 Å². The van der Waals surface area contributed by atoms with E-state index in [-0.39, 0.29) is 13.0 Å². The number of carbonyl (C=O) groups is 1. The number of methoxy groups -OCH3 is 1. The van der Waals surface area contributed by atoms with Crippen molar-refractivity contribution < 1.29 is 19.0 Å². The first-order chi connectivity index (χ1) is 16.3. The van der Waals surface area contributed by atoms with Gasteiger partial charge in [-0.25, -0.2) is 9.78 Å². The summed E-state index contributed by atoms with van der Waals surface area (Å²) in [5.74, 6) is 2.10. The van der Waals surface area contributed by atoms with Gasteiger partial charge in [-0.1, -0.05) is 7.43 Å². The quantitative estimate of drug-likeness (QED) is 0.169. The number of hydrogen-bond acceptors (Lipinski definition) is 7. The topological polar surface area (TPSA) is 117 Å². The number of aryl methyl sites for hydroxylation is 2. The van der Waals surface area contributed by atoms with E-state index in [1.165, 1.54) is 13.4 Å². The molecule has 3 aromatic rings. The van der Waals surface area contributed by atoms with E-state index in [4.69, 9.17) is 38.4 Å². The highest BCUT2D eigenvalue weighted by atomic mass is 35.5. The average Bonchev–Trinajstić information content (AvgIpc) is 2.82. The first-order valence-electron chi connectivity index (χ1n) is 10.7. The van der Waals surface area contributed by atoms with Gasteiger partial charge in [0, 0.05) is 29.6 Å². The maximum atomic E-state index is 11.5. The van der Waals surface area contributed by atoms with Gasteiger partial charge < -0.3 is 24.9 Å². The van der Waals surface area contributed by atoms with Crippen LogP contribution in [-0.4, -0.2) is 48.0 Å². The molecule has 10 heteroatoms. The van der Waals surface area contributed by atoms with Gasteiger partial charge in [0.15, 0.2) is 0 Å². The van der Waals surface area contributed by atoms with Crippen LogP contribution in [0.1, 0.15) is 41.8 Å². The van der Waals surface area contributed by atoms with Gasteiger partial charge in [-0.05, 0) is 49.9 Å². The molecule has 0 atom stereocenters. The molecule has 0 unspecified atom stereocenters. The van der Waals surface area contributed by atoms with Gasteiger partial charge in [-0.2, -0.15) is 0 Å². The molecule has 0 aliphatic carbocycles. The second-order valence-electron chi connectivity index (χ2n) is 7.35. The molecule has 0 amide bonds. The van der Waals surface area contributed by atoms with Crippen molar-refractivity contribution in [2.45, 2.75) is 34.1 Å². The van der Waals surface area contributed by atoms with Gasteiger partial charge in [0.2, 0.25) is 0 Å². The molecule has 0 fully saturated rings. The molecule has 0 aliphatic heterocycles. The van der Waals surface area contributed by atoms with Crippen LogP contribution in [0.3, 0.4) is 0 Å². The summed E-state index contributed by atoms with van der Waals surface area (Å²) in [6.07, 6.45) is 2.95. The number of halogens is 2. The van der Waals surface area contributed by atoms with Gasteiger partial charge in [0.05, 0.1) is 43.1 Å². The minimum Gasteiger partial charge on any atom is -0.493 e. The van der Waals surface area contributed by atoms with Crippen LogP contribution in [0, 0.1) is 13.8 Å². The zero-order valence-electron chi connectivity index (χ0n) is 19.5. The predicted octanol–water partition coefficient (Wildman–Crippen LogP) is 5.25. The molecule has 0 bridgehead atoms. The summed E-state index contributed by atoms with van der Waals surface area (Å²) in [7, 11) is 1.32. The number of benzene rings is 2. The second-order valence-corrected chi connectivity index (χ2v) is 8.10. The fourth-order valence-corrected chi connectivity index (χ4v) is 3.20. The first-order valence-corrected chi connectivity index (χ1v) is 11.7. The van der Waals surface area contributed by atoms with Crippen LogP contribution in [-0.2, 0) is 4.74 Å². The van der Waals surface area contributed by atoms with Gasteiger partial charge in [0.25, 0.3) is 5.56 Å². The first kappa shape index (κ1) is 30.1. The number of nitrogen functional groups attached to an aromatic ring is 1. The number of H-pyrrole nitrogens is 1. The summed E-state index contributed by atoms with van der Waals surface area (Å²) in [6.45, 7) is 4.85. The number of alkyl halides is 2. The van der Waals surface area contributed by atoms with Crippen molar-refractivity contribution in [1.82, 2.24) is 9.97 Å². The summed E-state index contributed by atoms with van der Waals surface area (Å²) < 4.78 is 15.7. The third kappa shape index (κ3) is 8.64. The van der Waals surface area contributed by atoms with E-state index in [0.717, 1.165) is 29.7 Å². The molecule has 0 saturated carbocycles. The van der Waals surface area contributed by atoms with Gasteiger partial charge in [0.1, 0.15) is 11.5 Å². The van der Waals surface area contributed by atoms with Gasteiger partial charge in [-0.15, -0.1) is 23.2 Å². The fourth-order valence-electron chi connectivity index (χ4n) is 2.98. The molecule has 0 aliphatic rings. The molecular weight excluding hydrogens is 493 g/mol. The van der Waals surface area contributed by atoms with Crippen LogP contribution in [0.15, 0.2) is 35.4 Å². The van der Waals surface area contributed by atoms with Crippen molar-refractivity contribution in [2.24, 2.45) is 0 Å². The molecule has 8 nitrogen and oxygen atoms in total. The zero-order chi connectivity index (χ0) is 25.1. The van der Waals surface area contributed by atoms with E-state index in [9.17, 15) is 9.59 Å². The number of ether oxygens (including phenoxy) is 3. The number of rotatable bonds is 9. The summed E-state index contributed by atoms with van der Waals surface area (Å²) in [4.78, 5) is 29.6. The van der Waals surface area contributed by atoms with Crippen molar-refractivity contribution in [3.05, 3.63) is 57.6 Å². The monoisotopic (exact) mass is 525 g/mol. The Balaban J connectivity index is 0.000000340. The fraction of sp³-hybridized carbons (Fsp3) is 0.400. The lowest BCUT2D eigenvalue weighted by Gasteiger charge is -2.11. The maximum absolute atomic E-state index is 11.5. The number of esters is 1. The van der Waals surface area contributed by atoms with E-state index in [0.29, 0.717) is 52.9 Å².